The van der Waals surface area contributed by atoms with Crippen LogP contribution in [0.1, 0.15) is 0 Å². The van der Waals surface area contributed by atoms with Crippen LogP contribution in [0.4, 0.5) is 4.39 Å². The summed E-state index contributed by atoms with van der Waals surface area (Å²) in [4.78, 5) is 0. The fourth-order valence-corrected chi connectivity index (χ4v) is 1.75. The van der Waals surface area contributed by atoms with Crippen LogP contribution in [0.3, 0.4) is 0 Å². The normalized spacial score (nSPS) is 19.0. The van der Waals surface area contributed by atoms with Gasteiger partial charge in [-0.2, -0.15) is 0 Å². The van der Waals surface area contributed by atoms with Gasteiger partial charge >= 0.3 is 0 Å². The molecule has 0 saturated heterocycles. The van der Waals surface area contributed by atoms with Gasteiger partial charge in [0.25, 0.3) is 0 Å². The molecule has 0 aromatic rings. The van der Waals surface area contributed by atoms with E-state index in [2.05, 4.69) is 0 Å². The summed E-state index contributed by atoms with van der Waals surface area (Å²) in [5.74, 6) is -0.255. The molecule has 0 amide bonds. The number of halogens is 2. The first-order valence-corrected chi connectivity index (χ1v) is 4.61. The second-order valence-corrected chi connectivity index (χ2v) is 3.96. The molecule has 0 aliphatic carbocycles. The lowest BCUT2D eigenvalue weighted by Gasteiger charge is -2.00. The van der Waals surface area contributed by atoms with E-state index in [1.54, 1.807) is 0 Å². The van der Waals surface area contributed by atoms with Crippen molar-refractivity contribution in [2.24, 2.45) is 11.5 Å². The maximum absolute atomic E-state index is 12.3. The number of rotatable bonds is 0. The molecule has 0 unspecified atom stereocenters. The summed E-state index contributed by atoms with van der Waals surface area (Å²) >= 11 is -0.464. The Morgan fingerprint density at radius 1 is 1.44 bits per heavy atom. The molecule has 0 atom stereocenters. The molecule has 0 aromatic carbocycles. The van der Waals surface area contributed by atoms with Gasteiger partial charge in [-0.25, -0.2) is 4.39 Å². The van der Waals surface area contributed by atoms with Crippen molar-refractivity contribution >= 4 is 24.7 Å². The molecule has 4 N–H and O–H groups in total. The maximum atomic E-state index is 12.3. The first-order valence-electron chi connectivity index (χ1n) is 2.29. The Morgan fingerprint density at radius 3 is 2.56 bits per heavy atom. The zero-order valence-corrected chi connectivity index (χ0v) is 6.72. The predicted octanol–water partition coefficient (Wildman–Crippen LogP) is 0.713. The van der Waals surface area contributed by atoms with Crippen molar-refractivity contribution in [3.05, 3.63) is 21.3 Å². The highest BCUT2D eigenvalue weighted by Gasteiger charge is 2.00. The van der Waals surface area contributed by atoms with Crippen molar-refractivity contribution in [1.29, 1.82) is 0 Å². The van der Waals surface area contributed by atoms with Crippen LogP contribution in [0.5, 0.6) is 0 Å². The standard InChI is InChI=1S/C5H6FIN2/c6-3-1-4(8)5(9)7-2-3/h1-2H,8-9H2. The van der Waals surface area contributed by atoms with Crippen molar-refractivity contribution in [3.63, 3.8) is 0 Å². The third-order valence-corrected chi connectivity index (χ3v) is 3.05. The molecule has 4 heteroatoms. The van der Waals surface area contributed by atoms with E-state index >= 15 is 0 Å². The number of nitrogens with two attached hydrogens (primary N) is 2. The molecule has 9 heavy (non-hydrogen) atoms. The zero-order chi connectivity index (χ0) is 6.85. The molecule has 1 heterocycles. The van der Waals surface area contributed by atoms with Gasteiger partial charge in [0.05, 0.1) is 9.40 Å². The molecular formula is C5H6FIN2. The highest BCUT2D eigenvalue weighted by molar-refractivity contribution is 14.2. The molecule has 1 aliphatic rings. The first-order chi connectivity index (χ1) is 4.20. The average molecular weight is 240 g/mol. The molecule has 0 aromatic heterocycles. The van der Waals surface area contributed by atoms with Crippen LogP contribution in [0.25, 0.3) is 0 Å². The SMILES string of the molecule is NC1=C(N)I=CC(F)=C1. The lowest BCUT2D eigenvalue weighted by atomic mass is 10.4. The van der Waals surface area contributed by atoms with Crippen molar-refractivity contribution in [1.82, 2.24) is 0 Å². The molecule has 0 bridgehead atoms. The van der Waals surface area contributed by atoms with E-state index in [1.165, 1.54) is 10.1 Å². The monoisotopic (exact) mass is 240 g/mol. The van der Waals surface area contributed by atoms with Crippen LogP contribution >= 0.6 is 20.7 Å². The van der Waals surface area contributed by atoms with Gasteiger partial charge in [0, 0.05) is 4.01 Å². The van der Waals surface area contributed by atoms with Gasteiger partial charge in [0.1, 0.15) is 5.83 Å². The molecule has 0 saturated carbocycles. The largest absolute Gasteiger partial charge is 0.397 e. The Balaban J connectivity index is 3.01. The highest BCUT2D eigenvalue weighted by atomic mass is 127. The van der Waals surface area contributed by atoms with Crippen LogP contribution in [0.2, 0.25) is 0 Å². The topological polar surface area (TPSA) is 52.0 Å². The number of hydrogen-bond acceptors (Lipinski definition) is 2. The summed E-state index contributed by atoms with van der Waals surface area (Å²) in [6, 6.07) is 0. The Hall–Kier alpha value is -0.390. The number of hydrogen-bond donors (Lipinski definition) is 2. The lowest BCUT2D eigenvalue weighted by molar-refractivity contribution is 0.687. The Bertz CT molecular complexity index is 217. The molecule has 2 nitrogen and oxygen atoms in total. The Morgan fingerprint density at radius 2 is 2.11 bits per heavy atom. The fourth-order valence-electron chi connectivity index (χ4n) is 0.423. The average Bonchev–Trinajstić information content (AvgIpc) is 1.80. The van der Waals surface area contributed by atoms with E-state index in [9.17, 15) is 4.39 Å². The van der Waals surface area contributed by atoms with E-state index in [0.29, 0.717) is 9.40 Å². The molecule has 0 fully saturated rings. The van der Waals surface area contributed by atoms with E-state index in [0.717, 1.165) is 0 Å². The van der Waals surface area contributed by atoms with Crippen LogP contribution in [-0.4, -0.2) is 4.01 Å². The van der Waals surface area contributed by atoms with Gasteiger partial charge < -0.3 is 11.5 Å². The summed E-state index contributed by atoms with van der Waals surface area (Å²) in [6.07, 6.45) is 1.25. The zero-order valence-electron chi connectivity index (χ0n) is 4.57. The maximum Gasteiger partial charge on any atom is 0.131 e. The van der Waals surface area contributed by atoms with Crippen molar-refractivity contribution in [2.75, 3.05) is 0 Å². The summed E-state index contributed by atoms with van der Waals surface area (Å²) in [5, 5.41) is 0. The Kier molecular flexibility index (Phi) is 1.84. The van der Waals surface area contributed by atoms with E-state index in [-0.39, 0.29) is 5.83 Å². The van der Waals surface area contributed by atoms with Gasteiger partial charge in [-0.3, -0.25) is 0 Å². The van der Waals surface area contributed by atoms with Crippen molar-refractivity contribution < 1.29 is 4.39 Å². The molecule has 1 aliphatic heterocycles. The van der Waals surface area contributed by atoms with Crippen molar-refractivity contribution in [3.8, 4) is 0 Å². The van der Waals surface area contributed by atoms with Gasteiger partial charge in [-0.05, 0) is 6.08 Å². The van der Waals surface area contributed by atoms with Crippen LogP contribution < -0.4 is 11.5 Å². The molecule has 50 valence electrons. The van der Waals surface area contributed by atoms with Crippen molar-refractivity contribution in [2.45, 2.75) is 0 Å². The summed E-state index contributed by atoms with van der Waals surface area (Å²) in [5.41, 5.74) is 11.1. The first kappa shape index (κ1) is 6.73. The summed E-state index contributed by atoms with van der Waals surface area (Å²) in [6.45, 7) is 0. The third kappa shape index (κ3) is 1.51. The minimum absolute atomic E-state index is 0.255. The summed E-state index contributed by atoms with van der Waals surface area (Å²) < 4.78 is 14.4. The number of allylic oxidation sites excluding steroid dienone is 2. The molecular weight excluding hydrogens is 234 g/mol. The predicted molar refractivity (Wildman–Crippen MR) is 44.7 cm³/mol. The van der Waals surface area contributed by atoms with Crippen LogP contribution in [0.15, 0.2) is 21.3 Å². The second kappa shape index (κ2) is 2.47. The van der Waals surface area contributed by atoms with E-state index in [1.807, 2.05) is 0 Å². The quantitative estimate of drug-likeness (QED) is 0.484. The molecule has 0 radical (unpaired) electrons. The van der Waals surface area contributed by atoms with Gasteiger partial charge in [0.15, 0.2) is 0 Å². The summed E-state index contributed by atoms with van der Waals surface area (Å²) in [7, 11) is 0. The van der Waals surface area contributed by atoms with Crippen LogP contribution in [0, 0.1) is 0 Å². The smallest absolute Gasteiger partial charge is 0.131 e. The third-order valence-electron chi connectivity index (χ3n) is 0.846. The van der Waals surface area contributed by atoms with E-state index < -0.39 is 20.7 Å². The molecule has 1 rings (SSSR count). The minimum Gasteiger partial charge on any atom is -0.397 e. The fraction of sp³-hybridized carbons (Fsp3) is 0. The van der Waals surface area contributed by atoms with Gasteiger partial charge in [-0.1, -0.05) is 20.7 Å². The highest BCUT2D eigenvalue weighted by Crippen LogP contribution is 2.18. The minimum atomic E-state index is -0.464. The molecule has 0 spiro atoms. The van der Waals surface area contributed by atoms with Crippen LogP contribution in [-0.2, 0) is 0 Å². The van der Waals surface area contributed by atoms with E-state index in [4.69, 9.17) is 11.5 Å². The lowest BCUT2D eigenvalue weighted by Crippen LogP contribution is -2.05. The second-order valence-electron chi connectivity index (χ2n) is 1.55. The van der Waals surface area contributed by atoms with Gasteiger partial charge in [-0.15, -0.1) is 0 Å². The van der Waals surface area contributed by atoms with Gasteiger partial charge in [0.2, 0.25) is 0 Å². The Labute approximate surface area is 62.2 Å².